The molecule has 1 fully saturated rings. The van der Waals surface area contributed by atoms with Crippen LogP contribution >= 0.6 is 0 Å². The van der Waals surface area contributed by atoms with Crippen molar-refractivity contribution >= 4 is 5.69 Å². The molecular weight excluding hydrogens is 172 g/mol. The van der Waals surface area contributed by atoms with E-state index in [1.807, 2.05) is 12.1 Å². The standard InChI is InChI=1S/C12H18N2/c13-12-6-4-11(5-7-12)10-14-8-2-1-3-9-14/h4-7H,1-3,8-10,13H2/p+1. The zero-order chi connectivity index (χ0) is 9.80. The molecule has 0 spiro atoms. The van der Waals surface area contributed by atoms with Crippen LogP contribution in [-0.2, 0) is 6.54 Å². The SMILES string of the molecule is Nc1ccc(C[NH+]2CCCCC2)cc1. The van der Waals surface area contributed by atoms with Gasteiger partial charge in [0.2, 0.25) is 0 Å². The minimum atomic E-state index is 0.863. The molecule has 0 aromatic heterocycles. The van der Waals surface area contributed by atoms with E-state index in [0.29, 0.717) is 0 Å². The largest absolute Gasteiger partial charge is 0.399 e. The summed E-state index contributed by atoms with van der Waals surface area (Å²) < 4.78 is 0. The van der Waals surface area contributed by atoms with Gasteiger partial charge in [-0.25, -0.2) is 0 Å². The normalized spacial score (nSPS) is 18.3. The lowest BCUT2D eigenvalue weighted by atomic mass is 10.1. The second kappa shape index (κ2) is 4.47. The Morgan fingerprint density at radius 1 is 1.00 bits per heavy atom. The van der Waals surface area contributed by atoms with E-state index in [9.17, 15) is 0 Å². The van der Waals surface area contributed by atoms with E-state index in [1.165, 1.54) is 44.5 Å². The van der Waals surface area contributed by atoms with Crippen LogP contribution in [0.3, 0.4) is 0 Å². The van der Waals surface area contributed by atoms with Gasteiger partial charge in [0, 0.05) is 11.3 Å². The second-order valence-corrected chi connectivity index (χ2v) is 4.23. The summed E-state index contributed by atoms with van der Waals surface area (Å²) in [7, 11) is 0. The number of hydrogen-bond donors (Lipinski definition) is 2. The fourth-order valence-corrected chi connectivity index (χ4v) is 2.15. The van der Waals surface area contributed by atoms with Gasteiger partial charge in [-0.1, -0.05) is 12.1 Å². The van der Waals surface area contributed by atoms with Crippen molar-refractivity contribution < 1.29 is 4.90 Å². The van der Waals surface area contributed by atoms with E-state index in [4.69, 9.17) is 5.73 Å². The maximum Gasteiger partial charge on any atom is 0.103 e. The van der Waals surface area contributed by atoms with Crippen LogP contribution < -0.4 is 10.6 Å². The minimum absolute atomic E-state index is 0.863. The molecule has 0 amide bonds. The van der Waals surface area contributed by atoms with Crippen molar-refractivity contribution in [2.75, 3.05) is 18.8 Å². The maximum atomic E-state index is 5.65. The topological polar surface area (TPSA) is 30.5 Å². The van der Waals surface area contributed by atoms with Crippen LogP contribution in [0.2, 0.25) is 0 Å². The first-order valence-electron chi connectivity index (χ1n) is 5.52. The van der Waals surface area contributed by atoms with Crippen LogP contribution in [0.25, 0.3) is 0 Å². The molecule has 1 heterocycles. The first-order chi connectivity index (χ1) is 6.84. The Morgan fingerprint density at radius 3 is 2.29 bits per heavy atom. The van der Waals surface area contributed by atoms with E-state index >= 15 is 0 Å². The summed E-state index contributed by atoms with van der Waals surface area (Å²) in [6, 6.07) is 8.30. The summed E-state index contributed by atoms with van der Waals surface area (Å²) in [4.78, 5) is 1.72. The number of nitrogen functional groups attached to an aromatic ring is 1. The summed E-state index contributed by atoms with van der Waals surface area (Å²) in [5.74, 6) is 0. The summed E-state index contributed by atoms with van der Waals surface area (Å²) in [6.45, 7) is 3.84. The van der Waals surface area contributed by atoms with Gasteiger partial charge in [-0.2, -0.15) is 0 Å². The Bertz CT molecular complexity index is 273. The molecule has 2 heteroatoms. The molecule has 2 nitrogen and oxygen atoms in total. The first kappa shape index (κ1) is 9.53. The van der Waals surface area contributed by atoms with Crippen molar-refractivity contribution in [2.45, 2.75) is 25.8 Å². The Labute approximate surface area is 85.7 Å². The Morgan fingerprint density at radius 2 is 1.64 bits per heavy atom. The highest BCUT2D eigenvalue weighted by Crippen LogP contribution is 2.04. The predicted molar refractivity (Wildman–Crippen MR) is 59.1 cm³/mol. The molecule has 0 bridgehead atoms. The summed E-state index contributed by atoms with van der Waals surface area (Å²) in [5, 5.41) is 0. The number of hydrogen-bond acceptors (Lipinski definition) is 1. The van der Waals surface area contributed by atoms with Gasteiger partial charge in [0.05, 0.1) is 13.1 Å². The monoisotopic (exact) mass is 191 g/mol. The van der Waals surface area contributed by atoms with E-state index in [1.54, 1.807) is 4.90 Å². The molecule has 0 saturated carbocycles. The summed E-state index contributed by atoms with van der Waals surface area (Å²) >= 11 is 0. The lowest BCUT2D eigenvalue weighted by Gasteiger charge is -2.23. The molecule has 14 heavy (non-hydrogen) atoms. The molecular formula is C12H19N2+. The van der Waals surface area contributed by atoms with Crippen LogP contribution in [-0.4, -0.2) is 13.1 Å². The molecule has 0 aliphatic carbocycles. The maximum absolute atomic E-state index is 5.65. The van der Waals surface area contributed by atoms with Crippen LogP contribution in [0, 0.1) is 0 Å². The number of rotatable bonds is 2. The number of anilines is 1. The van der Waals surface area contributed by atoms with E-state index < -0.39 is 0 Å². The van der Waals surface area contributed by atoms with Crippen LogP contribution in [0.4, 0.5) is 5.69 Å². The van der Waals surface area contributed by atoms with Crippen molar-refractivity contribution in [3.8, 4) is 0 Å². The number of likely N-dealkylation sites (tertiary alicyclic amines) is 1. The lowest BCUT2D eigenvalue weighted by Crippen LogP contribution is -3.11. The quantitative estimate of drug-likeness (QED) is 0.667. The van der Waals surface area contributed by atoms with Crippen molar-refractivity contribution in [2.24, 2.45) is 0 Å². The molecule has 1 aromatic carbocycles. The molecule has 76 valence electrons. The fraction of sp³-hybridized carbons (Fsp3) is 0.500. The zero-order valence-corrected chi connectivity index (χ0v) is 8.63. The van der Waals surface area contributed by atoms with Gasteiger partial charge in [0.1, 0.15) is 6.54 Å². The molecule has 1 aromatic rings. The number of benzene rings is 1. The second-order valence-electron chi connectivity index (χ2n) is 4.23. The first-order valence-corrected chi connectivity index (χ1v) is 5.52. The average Bonchev–Trinajstić information content (AvgIpc) is 2.23. The Balaban J connectivity index is 1.92. The molecule has 0 radical (unpaired) electrons. The number of piperidine rings is 1. The highest BCUT2D eigenvalue weighted by molar-refractivity contribution is 5.38. The third-order valence-corrected chi connectivity index (χ3v) is 2.99. The van der Waals surface area contributed by atoms with Crippen LogP contribution in [0.5, 0.6) is 0 Å². The fourth-order valence-electron chi connectivity index (χ4n) is 2.15. The van der Waals surface area contributed by atoms with Crippen LogP contribution in [0.1, 0.15) is 24.8 Å². The molecule has 1 saturated heterocycles. The van der Waals surface area contributed by atoms with E-state index in [2.05, 4.69) is 12.1 Å². The molecule has 2 rings (SSSR count). The van der Waals surface area contributed by atoms with Crippen molar-refractivity contribution in [1.82, 2.24) is 0 Å². The molecule has 0 unspecified atom stereocenters. The van der Waals surface area contributed by atoms with Crippen molar-refractivity contribution in [3.63, 3.8) is 0 Å². The highest BCUT2D eigenvalue weighted by Gasteiger charge is 2.13. The number of nitrogens with two attached hydrogens (primary N) is 1. The Kier molecular flexibility index (Phi) is 3.04. The highest BCUT2D eigenvalue weighted by atomic mass is 15.1. The smallest absolute Gasteiger partial charge is 0.103 e. The van der Waals surface area contributed by atoms with Crippen molar-refractivity contribution in [3.05, 3.63) is 29.8 Å². The Hall–Kier alpha value is -1.02. The van der Waals surface area contributed by atoms with Gasteiger partial charge in [0.15, 0.2) is 0 Å². The van der Waals surface area contributed by atoms with Gasteiger partial charge in [-0.15, -0.1) is 0 Å². The average molecular weight is 191 g/mol. The van der Waals surface area contributed by atoms with Gasteiger partial charge in [-0.05, 0) is 31.4 Å². The number of nitrogens with one attached hydrogen (secondary N) is 1. The summed E-state index contributed by atoms with van der Waals surface area (Å²) in [6.07, 6.45) is 4.21. The predicted octanol–water partition coefficient (Wildman–Crippen LogP) is 0.838. The van der Waals surface area contributed by atoms with Gasteiger partial charge >= 0.3 is 0 Å². The molecule has 1 aliphatic rings. The van der Waals surface area contributed by atoms with Gasteiger partial charge in [0.25, 0.3) is 0 Å². The zero-order valence-electron chi connectivity index (χ0n) is 8.63. The van der Waals surface area contributed by atoms with Crippen LogP contribution in [0.15, 0.2) is 24.3 Å². The van der Waals surface area contributed by atoms with E-state index in [-0.39, 0.29) is 0 Å². The molecule has 1 aliphatic heterocycles. The third-order valence-electron chi connectivity index (χ3n) is 2.99. The van der Waals surface area contributed by atoms with Gasteiger partial charge in [-0.3, -0.25) is 0 Å². The lowest BCUT2D eigenvalue weighted by molar-refractivity contribution is -0.918. The number of quaternary nitrogens is 1. The van der Waals surface area contributed by atoms with Gasteiger partial charge < -0.3 is 10.6 Å². The third kappa shape index (κ3) is 2.48. The minimum Gasteiger partial charge on any atom is -0.399 e. The van der Waals surface area contributed by atoms with Crippen molar-refractivity contribution in [1.29, 1.82) is 0 Å². The molecule has 0 atom stereocenters. The van der Waals surface area contributed by atoms with E-state index in [0.717, 1.165) is 5.69 Å². The molecule has 3 N–H and O–H groups in total. The summed E-state index contributed by atoms with van der Waals surface area (Å²) in [5.41, 5.74) is 7.93.